The van der Waals surface area contributed by atoms with Crippen molar-refractivity contribution in [1.29, 1.82) is 0 Å². The van der Waals surface area contributed by atoms with Crippen molar-refractivity contribution in [1.82, 2.24) is 4.57 Å². The van der Waals surface area contributed by atoms with Gasteiger partial charge in [-0.15, -0.1) is 12.4 Å². The predicted molar refractivity (Wildman–Crippen MR) is 125 cm³/mol. The lowest BCUT2D eigenvalue weighted by Gasteiger charge is -2.21. The summed E-state index contributed by atoms with van der Waals surface area (Å²) in [5.74, 6) is -0.724. The van der Waals surface area contributed by atoms with Gasteiger partial charge in [-0.05, 0) is 47.6 Å². The highest BCUT2D eigenvalue weighted by Crippen LogP contribution is 2.32. The van der Waals surface area contributed by atoms with Gasteiger partial charge in [0.15, 0.2) is 0 Å². The zero-order chi connectivity index (χ0) is 21.1. The number of fused-ring (bicyclic) bond motifs is 1. The third-order valence-corrected chi connectivity index (χ3v) is 4.90. The Kier molecular flexibility index (Phi) is 7.59. The Labute approximate surface area is 182 Å². The van der Waals surface area contributed by atoms with Crippen LogP contribution in [0.2, 0.25) is 0 Å². The summed E-state index contributed by atoms with van der Waals surface area (Å²) < 4.78 is 1.79. The normalized spacial score (nSPS) is 11.2. The summed E-state index contributed by atoms with van der Waals surface area (Å²) in [6, 6.07) is 13.5. The average molecular weight is 427 g/mol. The fraction of sp³-hybridized carbons (Fsp3) is 0.250. The van der Waals surface area contributed by atoms with Crippen molar-refractivity contribution in [3.05, 3.63) is 75.7 Å². The number of nitrogens with zero attached hydrogens (tertiary/aromatic N) is 1. The van der Waals surface area contributed by atoms with E-state index in [2.05, 4.69) is 13.8 Å². The number of pyridine rings is 1. The van der Waals surface area contributed by atoms with E-state index in [1.807, 2.05) is 37.3 Å². The number of halogens is 1. The maximum Gasteiger partial charge on any atom is 0.328 e. The van der Waals surface area contributed by atoms with Crippen LogP contribution in [0, 0.1) is 12.8 Å². The molecule has 1 heterocycles. The fourth-order valence-electron chi connectivity index (χ4n) is 3.60. The van der Waals surface area contributed by atoms with Crippen molar-refractivity contribution in [2.24, 2.45) is 11.7 Å². The number of aryl methyl sites for hydroxylation is 1. The van der Waals surface area contributed by atoms with Crippen molar-refractivity contribution in [2.45, 2.75) is 33.9 Å². The van der Waals surface area contributed by atoms with Crippen molar-refractivity contribution in [3.8, 4) is 11.1 Å². The van der Waals surface area contributed by atoms with E-state index >= 15 is 0 Å². The first-order chi connectivity index (χ1) is 13.8. The molecule has 0 bridgehead atoms. The Bertz CT molecular complexity index is 1150. The average Bonchev–Trinajstić information content (AvgIpc) is 2.68. The molecule has 2 aromatic carbocycles. The molecule has 1 aromatic heterocycles. The lowest BCUT2D eigenvalue weighted by atomic mass is 9.94. The van der Waals surface area contributed by atoms with Crippen LogP contribution in [0.5, 0.6) is 0 Å². The SMILES string of the molecule is Cc1ccc(-c2c(CN)n(CC(C)C)c(=O)c3ccc(C=CC(=O)O)cc23)cc1.Cl. The number of hydrogen-bond acceptors (Lipinski definition) is 3. The number of carbonyl (C=O) groups is 1. The van der Waals surface area contributed by atoms with Gasteiger partial charge in [0.1, 0.15) is 0 Å². The zero-order valence-electron chi connectivity index (χ0n) is 17.4. The molecule has 30 heavy (non-hydrogen) atoms. The third-order valence-electron chi connectivity index (χ3n) is 4.90. The van der Waals surface area contributed by atoms with Gasteiger partial charge in [-0.2, -0.15) is 0 Å². The van der Waals surface area contributed by atoms with Gasteiger partial charge in [-0.25, -0.2) is 4.79 Å². The Morgan fingerprint density at radius 2 is 1.80 bits per heavy atom. The molecule has 0 unspecified atom stereocenters. The Balaban J connectivity index is 0.00000320. The first kappa shape index (κ1) is 23.4. The van der Waals surface area contributed by atoms with Crippen LogP contribution in [-0.4, -0.2) is 15.6 Å². The highest BCUT2D eigenvalue weighted by Gasteiger charge is 2.18. The number of aliphatic carboxylic acids is 1. The Hall–Kier alpha value is -2.89. The first-order valence-electron chi connectivity index (χ1n) is 9.69. The van der Waals surface area contributed by atoms with Gasteiger partial charge in [0.05, 0.1) is 0 Å². The van der Waals surface area contributed by atoms with Crippen LogP contribution in [0.15, 0.2) is 53.3 Å². The molecule has 3 N–H and O–H groups in total. The summed E-state index contributed by atoms with van der Waals surface area (Å²) in [5, 5.41) is 10.3. The van der Waals surface area contributed by atoms with E-state index < -0.39 is 5.97 Å². The minimum absolute atomic E-state index is 0. The summed E-state index contributed by atoms with van der Waals surface area (Å²) in [6.07, 6.45) is 2.62. The van der Waals surface area contributed by atoms with E-state index in [9.17, 15) is 9.59 Å². The van der Waals surface area contributed by atoms with Gasteiger partial charge in [0, 0.05) is 35.8 Å². The molecule has 0 radical (unpaired) electrons. The molecule has 0 spiro atoms. The summed E-state index contributed by atoms with van der Waals surface area (Å²) in [7, 11) is 0. The summed E-state index contributed by atoms with van der Waals surface area (Å²) in [4.78, 5) is 24.2. The number of aromatic nitrogens is 1. The number of benzene rings is 2. The van der Waals surface area contributed by atoms with Gasteiger partial charge in [0.25, 0.3) is 5.56 Å². The Morgan fingerprint density at radius 1 is 1.13 bits per heavy atom. The lowest BCUT2D eigenvalue weighted by molar-refractivity contribution is -0.131. The maximum atomic E-state index is 13.3. The van der Waals surface area contributed by atoms with Gasteiger partial charge in [-0.3, -0.25) is 4.79 Å². The Morgan fingerprint density at radius 3 is 2.37 bits per heavy atom. The molecule has 0 saturated carbocycles. The van der Waals surface area contributed by atoms with Crippen LogP contribution in [0.4, 0.5) is 0 Å². The number of hydrogen-bond donors (Lipinski definition) is 2. The minimum Gasteiger partial charge on any atom is -0.478 e. The molecular weight excluding hydrogens is 400 g/mol. The molecule has 6 heteroatoms. The van der Waals surface area contributed by atoms with Crippen LogP contribution in [0.25, 0.3) is 28.0 Å². The maximum absolute atomic E-state index is 13.3. The number of rotatable bonds is 6. The molecule has 3 aromatic rings. The molecule has 0 aliphatic rings. The van der Waals surface area contributed by atoms with Crippen LogP contribution in [0.3, 0.4) is 0 Å². The predicted octanol–water partition coefficient (Wildman–Crippen LogP) is 4.61. The molecule has 0 aliphatic heterocycles. The molecule has 3 rings (SSSR count). The second-order valence-corrected chi connectivity index (χ2v) is 7.68. The van der Waals surface area contributed by atoms with Crippen LogP contribution < -0.4 is 11.3 Å². The van der Waals surface area contributed by atoms with Crippen LogP contribution in [0.1, 0.15) is 30.7 Å². The highest BCUT2D eigenvalue weighted by atomic mass is 35.5. The molecular formula is C24H27ClN2O3. The van der Waals surface area contributed by atoms with E-state index in [0.29, 0.717) is 17.8 Å². The molecule has 0 atom stereocenters. The van der Waals surface area contributed by atoms with E-state index in [1.54, 1.807) is 16.7 Å². The summed E-state index contributed by atoms with van der Waals surface area (Å²) >= 11 is 0. The lowest BCUT2D eigenvalue weighted by Crippen LogP contribution is -2.28. The molecule has 0 aliphatic carbocycles. The second kappa shape index (κ2) is 9.74. The monoisotopic (exact) mass is 426 g/mol. The minimum atomic E-state index is -1.01. The van der Waals surface area contributed by atoms with E-state index in [0.717, 1.165) is 39.4 Å². The van der Waals surface area contributed by atoms with Gasteiger partial charge in [-0.1, -0.05) is 49.7 Å². The summed E-state index contributed by atoms with van der Waals surface area (Å²) in [5.41, 5.74) is 10.6. The van der Waals surface area contributed by atoms with Gasteiger partial charge < -0.3 is 15.4 Å². The van der Waals surface area contributed by atoms with E-state index in [-0.39, 0.29) is 24.5 Å². The van der Waals surface area contributed by atoms with Gasteiger partial charge >= 0.3 is 5.97 Å². The van der Waals surface area contributed by atoms with Crippen molar-refractivity contribution in [2.75, 3.05) is 0 Å². The van der Waals surface area contributed by atoms with Crippen molar-refractivity contribution in [3.63, 3.8) is 0 Å². The zero-order valence-corrected chi connectivity index (χ0v) is 18.2. The third kappa shape index (κ3) is 4.81. The molecule has 0 saturated heterocycles. The quantitative estimate of drug-likeness (QED) is 0.563. The van der Waals surface area contributed by atoms with Gasteiger partial charge in [0.2, 0.25) is 0 Å². The van der Waals surface area contributed by atoms with E-state index in [4.69, 9.17) is 10.8 Å². The standard InChI is InChI=1S/C24H26N2O3.ClH/c1-15(2)14-26-21(13-25)23(18-8-4-16(3)5-9-18)20-12-17(7-11-22(27)28)6-10-19(20)24(26)29;/h4-12,15H,13-14,25H2,1-3H3,(H,27,28);1H. The fourth-order valence-corrected chi connectivity index (χ4v) is 3.60. The van der Waals surface area contributed by atoms with E-state index in [1.165, 1.54) is 6.08 Å². The van der Waals surface area contributed by atoms with Crippen LogP contribution >= 0.6 is 12.4 Å². The molecule has 0 amide bonds. The number of carboxylic acids is 1. The van der Waals surface area contributed by atoms with Crippen molar-refractivity contribution < 1.29 is 9.90 Å². The van der Waals surface area contributed by atoms with Crippen LogP contribution in [-0.2, 0) is 17.9 Å². The first-order valence-corrected chi connectivity index (χ1v) is 9.69. The topological polar surface area (TPSA) is 85.3 Å². The smallest absolute Gasteiger partial charge is 0.328 e. The molecule has 158 valence electrons. The molecule has 5 nitrogen and oxygen atoms in total. The summed E-state index contributed by atoms with van der Waals surface area (Å²) in [6.45, 7) is 6.99. The highest BCUT2D eigenvalue weighted by molar-refractivity contribution is 5.99. The number of carboxylic acid groups (broad SMARTS) is 1. The number of nitrogens with two attached hydrogens (primary N) is 1. The van der Waals surface area contributed by atoms with Crippen molar-refractivity contribution >= 4 is 35.2 Å². The molecule has 0 fully saturated rings. The largest absolute Gasteiger partial charge is 0.478 e. The second-order valence-electron chi connectivity index (χ2n) is 7.68.